The van der Waals surface area contributed by atoms with Crippen LogP contribution in [0.4, 0.5) is 68.2 Å². The molecule has 0 bridgehead atoms. The van der Waals surface area contributed by atoms with Crippen LogP contribution in [0.1, 0.15) is 0 Å². The first kappa shape index (κ1) is 44.2. The van der Waals surface area contributed by atoms with Crippen LogP contribution in [0.2, 0.25) is 0 Å². The van der Waals surface area contributed by atoms with E-state index in [0.29, 0.717) is 0 Å². The normalized spacial score (nSPS) is 11.0. The second kappa shape index (κ2) is 20.2. The first-order chi connectivity index (χ1) is 36.2. The van der Waals surface area contributed by atoms with Gasteiger partial charge in [-0.25, -0.2) is 0 Å². The molecule has 2 N–H and O–H groups in total. The number of hydrazine groups is 2. The molecule has 0 aliphatic heterocycles. The Bertz CT molecular complexity index is 3400. The summed E-state index contributed by atoms with van der Waals surface area (Å²) in [4.78, 5) is 4.68. The van der Waals surface area contributed by atoms with Crippen LogP contribution >= 0.6 is 0 Å². The molecule has 0 fully saturated rings. The fourth-order valence-corrected chi connectivity index (χ4v) is 9.67. The summed E-state index contributed by atoms with van der Waals surface area (Å²) in [5, 5.41) is 6.53. The molecule has 11 aromatic carbocycles. The summed E-state index contributed by atoms with van der Waals surface area (Å²) in [5.41, 5.74) is 23.1. The zero-order valence-electron chi connectivity index (χ0n) is 40.0. The van der Waals surface area contributed by atoms with Gasteiger partial charge in [0.2, 0.25) is 0 Å². The maximum atomic E-state index is 3.68. The summed E-state index contributed by atoms with van der Waals surface area (Å²) >= 11 is 0. The van der Waals surface area contributed by atoms with Crippen molar-refractivity contribution in [1.29, 1.82) is 0 Å². The Morgan fingerprint density at radius 3 is 0.808 bits per heavy atom. The van der Waals surface area contributed by atoms with Gasteiger partial charge in [-0.15, -0.1) is 0 Å². The van der Waals surface area contributed by atoms with Gasteiger partial charge in [-0.05, 0) is 170 Å². The molecule has 0 aliphatic rings. The van der Waals surface area contributed by atoms with E-state index in [-0.39, 0.29) is 0 Å². The maximum absolute atomic E-state index is 3.68. The number of aromatic nitrogens is 1. The molecule has 1 aromatic heterocycles. The molecule has 1 heterocycles. The van der Waals surface area contributed by atoms with Crippen LogP contribution in [-0.2, 0) is 0 Å². The van der Waals surface area contributed by atoms with Gasteiger partial charge in [0.25, 0.3) is 0 Å². The van der Waals surface area contributed by atoms with Crippen LogP contribution in [0.3, 0.4) is 0 Å². The van der Waals surface area contributed by atoms with Crippen LogP contribution in [-0.4, -0.2) is 4.57 Å². The SMILES string of the molecule is c1ccc(N(Nc2ccc(N(c3ccccc3)c3ccc4c(c3)c3cc(N(c5ccccc5)c5ccc(NN(c6ccccc6)c6ccccc6)cc5)ccc3n4-c3ccccc3)cc2)c2ccccc2)cc1. The minimum Gasteiger partial charge on any atom is -0.310 e. The third-order valence-electron chi connectivity index (χ3n) is 13.1. The van der Waals surface area contributed by atoms with Crippen LogP contribution in [0.5, 0.6) is 0 Å². The van der Waals surface area contributed by atoms with E-state index in [4.69, 9.17) is 0 Å². The van der Waals surface area contributed by atoms with Gasteiger partial charge >= 0.3 is 0 Å². The van der Waals surface area contributed by atoms with E-state index < -0.39 is 0 Å². The molecule has 12 rings (SSSR count). The largest absolute Gasteiger partial charge is 0.310 e. The van der Waals surface area contributed by atoms with Crippen molar-refractivity contribution < 1.29 is 0 Å². The lowest BCUT2D eigenvalue weighted by molar-refractivity contribution is 1.16. The summed E-state index contributed by atoms with van der Waals surface area (Å²) in [7, 11) is 0. The zero-order chi connectivity index (χ0) is 48.8. The number of nitrogens with zero attached hydrogens (tertiary/aromatic N) is 5. The first-order valence-electron chi connectivity index (χ1n) is 24.6. The molecule has 350 valence electrons. The molecule has 7 nitrogen and oxygen atoms in total. The van der Waals surface area contributed by atoms with Crippen molar-refractivity contribution in [3.05, 3.63) is 297 Å². The number of anilines is 12. The average molecular weight is 942 g/mol. The minimum absolute atomic E-state index is 0.966. The Morgan fingerprint density at radius 2 is 0.493 bits per heavy atom. The third kappa shape index (κ3) is 9.18. The maximum Gasteiger partial charge on any atom is 0.0630 e. The van der Waals surface area contributed by atoms with Crippen LogP contribution in [0, 0.1) is 0 Å². The summed E-state index contributed by atoms with van der Waals surface area (Å²) in [5.74, 6) is 0. The number of hydrogen-bond donors (Lipinski definition) is 2. The monoisotopic (exact) mass is 941 g/mol. The Kier molecular flexibility index (Phi) is 12.2. The molecule has 0 spiro atoms. The highest BCUT2D eigenvalue weighted by atomic mass is 15.5. The zero-order valence-corrected chi connectivity index (χ0v) is 40.0. The highest BCUT2D eigenvalue weighted by Crippen LogP contribution is 2.43. The van der Waals surface area contributed by atoms with Crippen molar-refractivity contribution in [1.82, 2.24) is 4.57 Å². The lowest BCUT2D eigenvalue weighted by Crippen LogP contribution is -2.24. The molecule has 0 saturated carbocycles. The van der Waals surface area contributed by atoms with Gasteiger partial charge in [-0.1, -0.05) is 127 Å². The Hall–Kier alpha value is -9.98. The van der Waals surface area contributed by atoms with Crippen molar-refractivity contribution in [3.8, 4) is 5.69 Å². The van der Waals surface area contributed by atoms with Crippen molar-refractivity contribution in [2.45, 2.75) is 0 Å². The molecule has 0 amide bonds. The molecule has 12 aromatic rings. The van der Waals surface area contributed by atoms with Crippen molar-refractivity contribution in [2.75, 3.05) is 30.7 Å². The topological polar surface area (TPSA) is 42.0 Å². The molecule has 0 atom stereocenters. The van der Waals surface area contributed by atoms with E-state index in [2.05, 4.69) is 308 Å². The number of para-hydroxylation sites is 7. The molecular formula is C66H51N7. The summed E-state index contributed by atoms with van der Waals surface area (Å²) in [6.07, 6.45) is 0. The summed E-state index contributed by atoms with van der Waals surface area (Å²) < 4.78 is 2.38. The molecular weight excluding hydrogens is 891 g/mol. The van der Waals surface area contributed by atoms with Gasteiger partial charge in [0.1, 0.15) is 0 Å². The highest BCUT2D eigenvalue weighted by Gasteiger charge is 2.21. The molecule has 0 radical (unpaired) electrons. The summed E-state index contributed by atoms with van der Waals surface area (Å²) in [6.45, 7) is 0. The lowest BCUT2D eigenvalue weighted by atomic mass is 10.1. The molecule has 73 heavy (non-hydrogen) atoms. The van der Waals surface area contributed by atoms with E-state index in [0.717, 1.165) is 95.7 Å². The van der Waals surface area contributed by atoms with Crippen LogP contribution < -0.4 is 30.7 Å². The quantitative estimate of drug-likeness (QED) is 0.0999. The van der Waals surface area contributed by atoms with E-state index in [1.54, 1.807) is 0 Å². The van der Waals surface area contributed by atoms with Gasteiger partial charge < -0.3 is 14.4 Å². The molecule has 0 unspecified atom stereocenters. The number of fused-ring (bicyclic) bond motifs is 3. The van der Waals surface area contributed by atoms with Crippen LogP contribution in [0.25, 0.3) is 27.5 Å². The fourth-order valence-electron chi connectivity index (χ4n) is 9.67. The molecule has 7 heteroatoms. The molecule has 0 aliphatic carbocycles. The van der Waals surface area contributed by atoms with Gasteiger partial charge in [-0.2, -0.15) is 0 Å². The number of hydrogen-bond acceptors (Lipinski definition) is 6. The van der Waals surface area contributed by atoms with Gasteiger partial charge in [0, 0.05) is 50.6 Å². The highest BCUT2D eigenvalue weighted by molar-refractivity contribution is 6.12. The standard InChI is InChI=1S/C66H51N7/c1-8-22-52(23-9-1)69(55-40-36-50(37-41-55)67-72(57-28-14-4-15-29-57)58-30-16-5-17-31-58)61-44-46-65-63(48-61)64-49-62(45-47-66(64)71(65)54-26-12-3-13-27-54)70(53-24-10-2-11-25-53)56-42-38-51(39-43-56)68-73(59-32-18-6-19-33-59)60-34-20-7-21-35-60/h1-49,67-68H. The number of rotatable bonds is 15. The molecule has 0 saturated heterocycles. The number of nitrogens with one attached hydrogen (secondary N) is 2. The summed E-state index contributed by atoms with van der Waals surface area (Å²) in [6, 6.07) is 105. The lowest BCUT2D eigenvalue weighted by Gasteiger charge is -2.28. The predicted molar refractivity (Wildman–Crippen MR) is 307 cm³/mol. The Morgan fingerprint density at radius 1 is 0.233 bits per heavy atom. The van der Waals surface area contributed by atoms with Gasteiger partial charge in [-0.3, -0.25) is 20.9 Å². The third-order valence-corrected chi connectivity index (χ3v) is 13.1. The Balaban J connectivity index is 0.944. The Labute approximate surface area is 426 Å². The second-order valence-corrected chi connectivity index (χ2v) is 17.7. The predicted octanol–water partition coefficient (Wildman–Crippen LogP) is 18.1. The average Bonchev–Trinajstić information content (AvgIpc) is 3.79. The van der Waals surface area contributed by atoms with Gasteiger partial charge in [0.15, 0.2) is 0 Å². The van der Waals surface area contributed by atoms with Crippen molar-refractivity contribution in [3.63, 3.8) is 0 Å². The minimum atomic E-state index is 0.966. The first-order valence-corrected chi connectivity index (χ1v) is 24.6. The van der Waals surface area contributed by atoms with Gasteiger partial charge in [0.05, 0.1) is 45.2 Å². The number of benzene rings is 11. The van der Waals surface area contributed by atoms with E-state index in [1.165, 1.54) is 0 Å². The van der Waals surface area contributed by atoms with E-state index in [9.17, 15) is 0 Å². The van der Waals surface area contributed by atoms with Crippen molar-refractivity contribution in [2.24, 2.45) is 0 Å². The fraction of sp³-hybridized carbons (Fsp3) is 0. The van der Waals surface area contributed by atoms with E-state index in [1.807, 2.05) is 24.3 Å². The smallest absolute Gasteiger partial charge is 0.0630 e. The van der Waals surface area contributed by atoms with E-state index >= 15 is 0 Å². The van der Waals surface area contributed by atoms with Crippen LogP contribution in [0.15, 0.2) is 297 Å². The van der Waals surface area contributed by atoms with Crippen molar-refractivity contribution >= 4 is 90.1 Å². The second-order valence-electron chi connectivity index (χ2n) is 17.7.